The molecule has 0 fully saturated rings. The SMILES string of the molecule is Nc1ccc2c(c1)CCCC2.O=S(=O)(Cl)c1ccc(Br)c2ccccc12.O=S(=O)(Nc1ccc2c(c1)CCCC2)c1ccc(Br)c2ccccc12. The Kier molecular flexibility index (Phi) is 11.8. The van der Waals surface area contributed by atoms with E-state index in [-0.39, 0.29) is 4.90 Å². The first kappa shape index (κ1) is 37.4. The van der Waals surface area contributed by atoms with Crippen molar-refractivity contribution < 1.29 is 16.8 Å². The van der Waals surface area contributed by atoms with Crippen molar-refractivity contribution >= 4 is 94.5 Å². The van der Waals surface area contributed by atoms with Crippen LogP contribution in [0, 0.1) is 0 Å². The summed E-state index contributed by atoms with van der Waals surface area (Å²) in [4.78, 5) is 0.437. The fourth-order valence-electron chi connectivity index (χ4n) is 6.68. The molecule has 0 saturated heterocycles. The first-order valence-electron chi connectivity index (χ1n) is 16.7. The maximum Gasteiger partial charge on any atom is 0.262 e. The fraction of sp³-hybridized carbons (Fsp3) is 0.200. The minimum absolute atomic E-state index is 0.142. The molecule has 51 heavy (non-hydrogen) atoms. The van der Waals surface area contributed by atoms with Crippen LogP contribution in [0.2, 0.25) is 0 Å². The summed E-state index contributed by atoms with van der Waals surface area (Å²) in [5.41, 5.74) is 12.8. The van der Waals surface area contributed by atoms with Gasteiger partial charge in [0.25, 0.3) is 19.1 Å². The molecule has 0 saturated carbocycles. The van der Waals surface area contributed by atoms with Gasteiger partial charge in [-0.25, -0.2) is 16.8 Å². The number of anilines is 2. The van der Waals surface area contributed by atoms with Crippen LogP contribution < -0.4 is 10.5 Å². The topological polar surface area (TPSA) is 106 Å². The molecule has 0 spiro atoms. The van der Waals surface area contributed by atoms with Crippen LogP contribution in [-0.2, 0) is 44.8 Å². The Hall–Kier alpha value is -3.41. The Labute approximate surface area is 321 Å². The lowest BCUT2D eigenvalue weighted by Gasteiger charge is -2.17. The third-order valence-electron chi connectivity index (χ3n) is 9.19. The van der Waals surface area contributed by atoms with Crippen LogP contribution in [0.4, 0.5) is 11.4 Å². The van der Waals surface area contributed by atoms with Gasteiger partial charge in [-0.2, -0.15) is 0 Å². The van der Waals surface area contributed by atoms with Crippen molar-refractivity contribution in [2.75, 3.05) is 10.5 Å². The third kappa shape index (κ3) is 8.98. The van der Waals surface area contributed by atoms with E-state index in [4.69, 9.17) is 16.4 Å². The van der Waals surface area contributed by atoms with E-state index < -0.39 is 19.1 Å². The normalized spacial score (nSPS) is 13.9. The zero-order chi connectivity index (χ0) is 36.2. The van der Waals surface area contributed by atoms with Gasteiger partial charge in [0.2, 0.25) is 0 Å². The van der Waals surface area contributed by atoms with E-state index in [1.165, 1.54) is 66.8 Å². The van der Waals surface area contributed by atoms with Crippen LogP contribution in [0.1, 0.15) is 47.9 Å². The van der Waals surface area contributed by atoms with Crippen molar-refractivity contribution in [3.63, 3.8) is 0 Å². The van der Waals surface area contributed by atoms with Gasteiger partial charge >= 0.3 is 0 Å². The first-order valence-corrected chi connectivity index (χ1v) is 22.1. The zero-order valence-corrected chi connectivity index (χ0v) is 33.3. The molecular weight excluding hydrogens is 832 g/mol. The number of nitrogens with one attached hydrogen (secondary N) is 1. The smallest absolute Gasteiger partial charge is 0.262 e. The second kappa shape index (κ2) is 16.1. The van der Waals surface area contributed by atoms with E-state index >= 15 is 0 Å². The Morgan fingerprint density at radius 2 is 0.980 bits per heavy atom. The molecule has 6 aromatic rings. The van der Waals surface area contributed by atoms with Crippen molar-refractivity contribution in [1.29, 1.82) is 0 Å². The number of nitrogens with two attached hydrogens (primary N) is 1. The standard InChI is InChI=1S/C20H18BrNO2S.C10H6BrClO2S.C10H13N/c21-19-11-12-20(18-8-4-3-7-17(18)19)25(23,24)22-16-10-9-14-5-1-2-6-15(14)13-16;11-9-5-6-10(15(12,13)14)8-4-2-1-3-7(8)9;11-10-6-5-8-3-1-2-4-9(8)7-10/h3-4,7-13,22H,1-2,5-6H2;1-6H;5-7H,1-4,11H2. The Morgan fingerprint density at radius 3 is 1.53 bits per heavy atom. The fourth-order valence-corrected chi connectivity index (χ4v) is 9.97. The quantitative estimate of drug-likeness (QED) is 0.136. The highest BCUT2D eigenvalue weighted by Crippen LogP contribution is 2.33. The van der Waals surface area contributed by atoms with Crippen LogP contribution in [0.3, 0.4) is 0 Å². The number of aryl methyl sites for hydroxylation is 4. The average molecular weight is 869 g/mol. The monoisotopic (exact) mass is 866 g/mol. The molecule has 2 aliphatic carbocycles. The summed E-state index contributed by atoms with van der Waals surface area (Å²) in [6, 6.07) is 33.5. The van der Waals surface area contributed by atoms with Crippen molar-refractivity contribution in [3.8, 4) is 0 Å². The number of sulfonamides is 1. The van der Waals surface area contributed by atoms with Gasteiger partial charge in [-0.1, -0.05) is 92.5 Å². The molecule has 0 unspecified atom stereocenters. The molecule has 6 aromatic carbocycles. The summed E-state index contributed by atoms with van der Waals surface area (Å²) in [5.74, 6) is 0. The van der Waals surface area contributed by atoms with E-state index in [0.717, 1.165) is 38.2 Å². The summed E-state index contributed by atoms with van der Waals surface area (Å²) >= 11 is 6.85. The number of benzene rings is 6. The number of fused-ring (bicyclic) bond motifs is 4. The van der Waals surface area contributed by atoms with E-state index in [2.05, 4.69) is 48.7 Å². The summed E-state index contributed by atoms with van der Waals surface area (Å²) in [6.07, 6.45) is 9.62. The van der Waals surface area contributed by atoms with Gasteiger partial charge in [0.05, 0.1) is 9.79 Å². The lowest BCUT2D eigenvalue weighted by molar-refractivity contribution is 0.601. The molecule has 0 atom stereocenters. The molecule has 0 amide bonds. The number of halogens is 3. The highest BCUT2D eigenvalue weighted by Gasteiger charge is 2.20. The maximum atomic E-state index is 13.0. The van der Waals surface area contributed by atoms with Gasteiger partial charge in [-0.05, 0) is 133 Å². The Bertz CT molecular complexity index is 2460. The first-order chi connectivity index (χ1) is 24.4. The van der Waals surface area contributed by atoms with E-state index in [9.17, 15) is 16.8 Å². The number of hydrogen-bond donors (Lipinski definition) is 2. The summed E-state index contributed by atoms with van der Waals surface area (Å²) < 4.78 is 53.0. The lowest BCUT2D eigenvalue weighted by Crippen LogP contribution is -2.14. The van der Waals surface area contributed by atoms with Crippen LogP contribution in [0.15, 0.2) is 128 Å². The van der Waals surface area contributed by atoms with E-state index in [1.807, 2.05) is 60.7 Å². The largest absolute Gasteiger partial charge is 0.399 e. The van der Waals surface area contributed by atoms with Gasteiger partial charge in [-0.3, -0.25) is 4.72 Å². The molecular formula is C40H37Br2ClN2O4S2. The molecule has 0 radical (unpaired) electrons. The zero-order valence-electron chi connectivity index (χ0n) is 27.7. The van der Waals surface area contributed by atoms with Crippen molar-refractivity contribution in [2.24, 2.45) is 0 Å². The number of nitrogen functional groups attached to an aromatic ring is 1. The minimum Gasteiger partial charge on any atom is -0.399 e. The molecule has 0 aromatic heterocycles. The molecule has 0 bridgehead atoms. The molecule has 0 heterocycles. The second-order valence-corrected chi connectivity index (χ2v) is 18.5. The molecule has 0 aliphatic heterocycles. The summed E-state index contributed by atoms with van der Waals surface area (Å²) in [7, 11) is -2.00. The molecule has 11 heteroatoms. The van der Waals surface area contributed by atoms with Crippen LogP contribution >= 0.6 is 42.5 Å². The second-order valence-electron chi connectivity index (χ2n) is 12.7. The van der Waals surface area contributed by atoms with Gasteiger partial charge in [-0.15, -0.1) is 0 Å². The predicted octanol–water partition coefficient (Wildman–Crippen LogP) is 11.0. The average Bonchev–Trinajstić information content (AvgIpc) is 3.12. The molecule has 6 nitrogen and oxygen atoms in total. The highest BCUT2D eigenvalue weighted by molar-refractivity contribution is 9.11. The molecule has 264 valence electrons. The highest BCUT2D eigenvalue weighted by atomic mass is 79.9. The summed E-state index contributed by atoms with van der Waals surface area (Å²) in [5, 5.41) is 3.05. The molecule has 2 aliphatic rings. The van der Waals surface area contributed by atoms with Gasteiger partial charge in [0.1, 0.15) is 0 Å². The summed E-state index contributed by atoms with van der Waals surface area (Å²) in [6.45, 7) is 0. The third-order valence-corrected chi connectivity index (χ3v) is 13.4. The van der Waals surface area contributed by atoms with Crippen molar-refractivity contribution in [2.45, 2.75) is 61.2 Å². The Balaban J connectivity index is 0.000000146. The van der Waals surface area contributed by atoms with Crippen LogP contribution in [-0.4, -0.2) is 16.8 Å². The predicted molar refractivity (Wildman–Crippen MR) is 218 cm³/mol. The van der Waals surface area contributed by atoms with Gasteiger partial charge in [0, 0.05) is 41.8 Å². The number of rotatable bonds is 4. The Morgan fingerprint density at radius 1 is 0.529 bits per heavy atom. The van der Waals surface area contributed by atoms with Crippen molar-refractivity contribution in [1.82, 2.24) is 0 Å². The van der Waals surface area contributed by atoms with Crippen molar-refractivity contribution in [3.05, 3.63) is 140 Å². The molecule has 8 rings (SSSR count). The van der Waals surface area contributed by atoms with Crippen LogP contribution in [0.5, 0.6) is 0 Å². The lowest BCUT2D eigenvalue weighted by atomic mass is 9.91. The number of hydrogen-bond acceptors (Lipinski definition) is 5. The molecule has 3 N–H and O–H groups in total. The van der Waals surface area contributed by atoms with Gasteiger partial charge < -0.3 is 5.73 Å². The van der Waals surface area contributed by atoms with E-state index in [0.29, 0.717) is 21.4 Å². The van der Waals surface area contributed by atoms with E-state index in [1.54, 1.807) is 30.3 Å². The maximum absolute atomic E-state index is 13.0. The van der Waals surface area contributed by atoms with Crippen LogP contribution in [0.25, 0.3) is 21.5 Å². The minimum atomic E-state index is -3.69. The van der Waals surface area contributed by atoms with Gasteiger partial charge in [0.15, 0.2) is 0 Å².